The number of imidazole rings is 1. The van der Waals surface area contributed by atoms with Crippen LogP contribution in [0, 0.1) is 0 Å². The Labute approximate surface area is 109 Å². The van der Waals surface area contributed by atoms with Crippen molar-refractivity contribution in [2.75, 3.05) is 11.1 Å². The van der Waals surface area contributed by atoms with Crippen LogP contribution in [0.2, 0.25) is 0 Å². The topological polar surface area (TPSA) is 83.8 Å². The van der Waals surface area contributed by atoms with Gasteiger partial charge in [-0.15, -0.1) is 0 Å². The van der Waals surface area contributed by atoms with Crippen molar-refractivity contribution < 1.29 is 4.79 Å². The molecule has 1 heterocycles. The Hall–Kier alpha value is -2.82. The standard InChI is InChI=1S/C14H12N4O/c15-14-17-11-7-6-9(8-12(11)18-14)13(19)16-10-4-2-1-3-5-10/h1-8H,(H,16,19)(H3,15,17,18). The number of fused-ring (bicyclic) bond motifs is 1. The molecule has 0 bridgehead atoms. The summed E-state index contributed by atoms with van der Waals surface area (Å²) < 4.78 is 0. The summed E-state index contributed by atoms with van der Waals surface area (Å²) in [5.74, 6) is 0.178. The van der Waals surface area contributed by atoms with Gasteiger partial charge in [-0.25, -0.2) is 4.98 Å². The number of nitrogens with two attached hydrogens (primary N) is 1. The van der Waals surface area contributed by atoms with Gasteiger partial charge in [0, 0.05) is 11.3 Å². The number of nitrogen functional groups attached to an aromatic ring is 1. The fraction of sp³-hybridized carbons (Fsp3) is 0. The lowest BCUT2D eigenvalue weighted by Gasteiger charge is -2.04. The van der Waals surface area contributed by atoms with E-state index in [-0.39, 0.29) is 5.91 Å². The Morgan fingerprint density at radius 1 is 1.16 bits per heavy atom. The summed E-state index contributed by atoms with van der Waals surface area (Å²) in [5, 5.41) is 2.83. The Kier molecular flexibility index (Phi) is 2.64. The number of benzene rings is 2. The quantitative estimate of drug-likeness (QED) is 0.654. The van der Waals surface area contributed by atoms with Crippen molar-refractivity contribution in [3.8, 4) is 0 Å². The number of nitrogens with one attached hydrogen (secondary N) is 2. The number of carbonyl (C=O) groups excluding carboxylic acids is 1. The average Bonchev–Trinajstić information content (AvgIpc) is 2.78. The van der Waals surface area contributed by atoms with E-state index in [1.807, 2.05) is 30.3 Å². The predicted octanol–water partition coefficient (Wildman–Crippen LogP) is 2.40. The van der Waals surface area contributed by atoms with Gasteiger partial charge in [-0.3, -0.25) is 4.79 Å². The maximum Gasteiger partial charge on any atom is 0.255 e. The van der Waals surface area contributed by atoms with Crippen molar-refractivity contribution in [1.82, 2.24) is 9.97 Å². The number of aromatic amines is 1. The molecule has 3 aromatic rings. The molecule has 0 saturated carbocycles. The highest BCUT2D eigenvalue weighted by Crippen LogP contribution is 2.16. The molecule has 3 rings (SSSR count). The van der Waals surface area contributed by atoms with E-state index >= 15 is 0 Å². The van der Waals surface area contributed by atoms with E-state index in [2.05, 4.69) is 15.3 Å². The smallest absolute Gasteiger partial charge is 0.255 e. The van der Waals surface area contributed by atoms with Gasteiger partial charge in [0.1, 0.15) is 0 Å². The third kappa shape index (κ3) is 2.26. The number of rotatable bonds is 2. The zero-order chi connectivity index (χ0) is 13.2. The molecule has 0 fully saturated rings. The lowest BCUT2D eigenvalue weighted by molar-refractivity contribution is 0.102. The second-order valence-electron chi connectivity index (χ2n) is 4.17. The van der Waals surface area contributed by atoms with Crippen molar-refractivity contribution in [3.63, 3.8) is 0 Å². The molecule has 0 atom stereocenters. The van der Waals surface area contributed by atoms with Crippen molar-refractivity contribution in [2.45, 2.75) is 0 Å². The fourth-order valence-corrected chi connectivity index (χ4v) is 1.90. The summed E-state index contributed by atoms with van der Waals surface area (Å²) in [6, 6.07) is 14.5. The zero-order valence-corrected chi connectivity index (χ0v) is 10.1. The van der Waals surface area contributed by atoms with Crippen LogP contribution in [-0.2, 0) is 0 Å². The molecule has 0 spiro atoms. The number of anilines is 2. The van der Waals surface area contributed by atoms with Gasteiger partial charge in [-0.05, 0) is 30.3 Å². The molecule has 5 nitrogen and oxygen atoms in total. The van der Waals surface area contributed by atoms with Gasteiger partial charge in [0.15, 0.2) is 5.95 Å². The third-order valence-electron chi connectivity index (χ3n) is 2.79. The molecule has 0 aliphatic carbocycles. The van der Waals surface area contributed by atoms with E-state index in [0.717, 1.165) is 16.7 Å². The van der Waals surface area contributed by atoms with E-state index in [0.29, 0.717) is 11.5 Å². The van der Waals surface area contributed by atoms with Crippen molar-refractivity contribution in [3.05, 3.63) is 54.1 Å². The Bertz CT molecular complexity index is 734. The Morgan fingerprint density at radius 3 is 2.74 bits per heavy atom. The molecule has 0 radical (unpaired) electrons. The summed E-state index contributed by atoms with van der Waals surface area (Å²) in [7, 11) is 0. The largest absolute Gasteiger partial charge is 0.369 e. The predicted molar refractivity (Wildman–Crippen MR) is 74.9 cm³/mol. The molecular formula is C14H12N4O. The normalized spacial score (nSPS) is 10.5. The van der Waals surface area contributed by atoms with Crippen LogP contribution in [0.15, 0.2) is 48.5 Å². The first kappa shape index (κ1) is 11.3. The number of para-hydroxylation sites is 1. The molecule has 0 saturated heterocycles. The highest BCUT2D eigenvalue weighted by molar-refractivity contribution is 6.05. The number of aromatic nitrogens is 2. The SMILES string of the molecule is Nc1nc2ccc(C(=O)Nc3ccccc3)cc2[nH]1. The van der Waals surface area contributed by atoms with Crippen molar-refractivity contribution in [2.24, 2.45) is 0 Å². The first-order chi connectivity index (χ1) is 9.22. The highest BCUT2D eigenvalue weighted by atomic mass is 16.1. The maximum atomic E-state index is 12.1. The maximum absolute atomic E-state index is 12.1. The molecule has 0 aliphatic heterocycles. The molecule has 2 aromatic carbocycles. The van der Waals surface area contributed by atoms with Gasteiger partial charge in [0.2, 0.25) is 0 Å². The molecule has 19 heavy (non-hydrogen) atoms. The Balaban J connectivity index is 1.89. The average molecular weight is 252 g/mol. The second kappa shape index (κ2) is 4.45. The highest BCUT2D eigenvalue weighted by Gasteiger charge is 2.08. The van der Waals surface area contributed by atoms with Crippen LogP contribution in [0.4, 0.5) is 11.6 Å². The van der Waals surface area contributed by atoms with Gasteiger partial charge in [0.05, 0.1) is 11.0 Å². The van der Waals surface area contributed by atoms with E-state index in [4.69, 9.17) is 5.73 Å². The molecule has 4 N–H and O–H groups in total. The Morgan fingerprint density at radius 2 is 1.95 bits per heavy atom. The van der Waals surface area contributed by atoms with Gasteiger partial charge in [0.25, 0.3) is 5.91 Å². The number of H-pyrrole nitrogens is 1. The number of amides is 1. The molecule has 0 unspecified atom stereocenters. The number of carbonyl (C=O) groups is 1. The lowest BCUT2D eigenvalue weighted by atomic mass is 10.2. The van der Waals surface area contributed by atoms with Gasteiger partial charge < -0.3 is 16.0 Å². The summed E-state index contributed by atoms with van der Waals surface area (Å²) in [5.41, 5.74) is 8.38. The number of nitrogens with zero attached hydrogens (tertiary/aromatic N) is 1. The molecule has 94 valence electrons. The van der Waals surface area contributed by atoms with Crippen LogP contribution < -0.4 is 11.1 Å². The van der Waals surface area contributed by atoms with Crippen LogP contribution in [0.1, 0.15) is 10.4 Å². The lowest BCUT2D eigenvalue weighted by Crippen LogP contribution is -2.11. The minimum Gasteiger partial charge on any atom is -0.369 e. The number of hydrogen-bond donors (Lipinski definition) is 3. The van der Waals surface area contributed by atoms with Crippen LogP contribution >= 0.6 is 0 Å². The van der Waals surface area contributed by atoms with Gasteiger partial charge in [-0.1, -0.05) is 18.2 Å². The van der Waals surface area contributed by atoms with E-state index < -0.39 is 0 Å². The van der Waals surface area contributed by atoms with Gasteiger partial charge >= 0.3 is 0 Å². The first-order valence-electron chi connectivity index (χ1n) is 5.84. The monoisotopic (exact) mass is 252 g/mol. The van der Waals surface area contributed by atoms with Crippen LogP contribution in [0.5, 0.6) is 0 Å². The minimum absolute atomic E-state index is 0.165. The van der Waals surface area contributed by atoms with Crippen molar-refractivity contribution >= 4 is 28.6 Å². The van der Waals surface area contributed by atoms with E-state index in [9.17, 15) is 4.79 Å². The molecule has 1 amide bonds. The summed E-state index contributed by atoms with van der Waals surface area (Å²) >= 11 is 0. The molecule has 5 heteroatoms. The van der Waals surface area contributed by atoms with Crippen LogP contribution in [0.25, 0.3) is 11.0 Å². The first-order valence-corrected chi connectivity index (χ1v) is 5.84. The van der Waals surface area contributed by atoms with Crippen LogP contribution in [-0.4, -0.2) is 15.9 Å². The summed E-state index contributed by atoms with van der Waals surface area (Å²) in [6.45, 7) is 0. The van der Waals surface area contributed by atoms with E-state index in [1.54, 1.807) is 18.2 Å². The fourth-order valence-electron chi connectivity index (χ4n) is 1.90. The minimum atomic E-state index is -0.165. The summed E-state index contributed by atoms with van der Waals surface area (Å²) in [4.78, 5) is 19.1. The third-order valence-corrected chi connectivity index (χ3v) is 2.79. The molecule has 1 aromatic heterocycles. The van der Waals surface area contributed by atoms with Gasteiger partial charge in [-0.2, -0.15) is 0 Å². The van der Waals surface area contributed by atoms with Crippen LogP contribution in [0.3, 0.4) is 0 Å². The zero-order valence-electron chi connectivity index (χ0n) is 10.1. The molecule has 0 aliphatic rings. The molecular weight excluding hydrogens is 240 g/mol. The summed E-state index contributed by atoms with van der Waals surface area (Å²) in [6.07, 6.45) is 0. The van der Waals surface area contributed by atoms with Crippen molar-refractivity contribution in [1.29, 1.82) is 0 Å². The van der Waals surface area contributed by atoms with E-state index in [1.165, 1.54) is 0 Å². The second-order valence-corrected chi connectivity index (χ2v) is 4.17. The number of hydrogen-bond acceptors (Lipinski definition) is 3.